The largest absolute Gasteiger partial charge is 0.497 e. The molecule has 0 saturated heterocycles. The van der Waals surface area contributed by atoms with Gasteiger partial charge >= 0.3 is 0 Å². The molecule has 0 fully saturated rings. The minimum atomic E-state index is 0.127. The zero-order chi connectivity index (χ0) is 13.7. The van der Waals surface area contributed by atoms with Crippen LogP contribution < -0.4 is 15.2 Å². The number of benzene rings is 2. The normalized spacial score (nSPS) is 11.9. The highest BCUT2D eigenvalue weighted by atomic mass is 16.5. The van der Waals surface area contributed by atoms with E-state index in [0.29, 0.717) is 6.54 Å². The van der Waals surface area contributed by atoms with Gasteiger partial charge in [0.2, 0.25) is 0 Å². The molecule has 1 unspecified atom stereocenters. The fraction of sp³-hybridized carbons (Fsp3) is 0.250. The molecule has 3 heteroatoms. The summed E-state index contributed by atoms with van der Waals surface area (Å²) in [6, 6.07) is 16.1. The second-order valence-corrected chi connectivity index (χ2v) is 4.31. The van der Waals surface area contributed by atoms with Gasteiger partial charge in [-0.2, -0.15) is 0 Å². The van der Waals surface area contributed by atoms with Gasteiger partial charge in [-0.25, -0.2) is 0 Å². The lowest BCUT2D eigenvalue weighted by molar-refractivity contribution is 0.390. The van der Waals surface area contributed by atoms with Crippen molar-refractivity contribution in [1.82, 2.24) is 0 Å². The lowest BCUT2D eigenvalue weighted by atomic mass is 9.90. The molecule has 19 heavy (non-hydrogen) atoms. The first-order valence-electron chi connectivity index (χ1n) is 6.27. The highest BCUT2D eigenvalue weighted by Crippen LogP contribution is 2.33. The molecule has 0 heterocycles. The molecule has 0 aliphatic carbocycles. The van der Waals surface area contributed by atoms with Crippen LogP contribution in [0.15, 0.2) is 48.5 Å². The van der Waals surface area contributed by atoms with Crippen molar-refractivity contribution in [3.8, 4) is 11.5 Å². The van der Waals surface area contributed by atoms with Crippen LogP contribution >= 0.6 is 0 Å². The van der Waals surface area contributed by atoms with Crippen LogP contribution in [0.2, 0.25) is 0 Å². The SMILES string of the molecule is COc1ccc(C(CN)c2ccccc2)c(OC)c1. The van der Waals surface area contributed by atoms with Gasteiger partial charge in [-0.3, -0.25) is 0 Å². The molecule has 3 nitrogen and oxygen atoms in total. The quantitative estimate of drug-likeness (QED) is 0.895. The second-order valence-electron chi connectivity index (χ2n) is 4.31. The van der Waals surface area contributed by atoms with E-state index in [2.05, 4.69) is 12.1 Å². The van der Waals surface area contributed by atoms with Crippen molar-refractivity contribution in [2.24, 2.45) is 5.73 Å². The zero-order valence-corrected chi connectivity index (χ0v) is 11.3. The van der Waals surface area contributed by atoms with Crippen LogP contribution in [0.1, 0.15) is 17.0 Å². The van der Waals surface area contributed by atoms with Gasteiger partial charge in [-0.1, -0.05) is 36.4 Å². The minimum Gasteiger partial charge on any atom is -0.497 e. The number of ether oxygens (including phenoxy) is 2. The highest BCUT2D eigenvalue weighted by Gasteiger charge is 2.17. The molecular weight excluding hydrogens is 238 g/mol. The predicted molar refractivity (Wildman–Crippen MR) is 76.9 cm³/mol. The van der Waals surface area contributed by atoms with Gasteiger partial charge in [0.1, 0.15) is 11.5 Å². The first-order chi connectivity index (χ1) is 9.30. The van der Waals surface area contributed by atoms with E-state index >= 15 is 0 Å². The standard InChI is InChI=1S/C16H19NO2/c1-18-13-8-9-14(16(10-13)19-2)15(11-17)12-6-4-3-5-7-12/h3-10,15H,11,17H2,1-2H3. The van der Waals surface area contributed by atoms with Crippen LogP contribution in [0.5, 0.6) is 11.5 Å². The average molecular weight is 257 g/mol. The van der Waals surface area contributed by atoms with Gasteiger partial charge in [0.05, 0.1) is 14.2 Å². The Morgan fingerprint density at radius 2 is 1.74 bits per heavy atom. The molecule has 2 aromatic rings. The van der Waals surface area contributed by atoms with Crippen LogP contribution in [0.4, 0.5) is 0 Å². The fourth-order valence-electron chi connectivity index (χ4n) is 2.23. The third kappa shape index (κ3) is 2.88. The first kappa shape index (κ1) is 13.4. The van der Waals surface area contributed by atoms with Crippen molar-refractivity contribution in [1.29, 1.82) is 0 Å². The molecule has 0 aliphatic rings. The number of methoxy groups -OCH3 is 2. The minimum absolute atomic E-state index is 0.127. The van der Waals surface area contributed by atoms with Gasteiger partial charge in [-0.15, -0.1) is 0 Å². The molecule has 2 rings (SSSR count). The summed E-state index contributed by atoms with van der Waals surface area (Å²) < 4.78 is 10.7. The van der Waals surface area contributed by atoms with Gasteiger partial charge in [0, 0.05) is 24.1 Å². The average Bonchev–Trinajstić information content (AvgIpc) is 2.49. The number of hydrogen-bond donors (Lipinski definition) is 1. The first-order valence-corrected chi connectivity index (χ1v) is 6.27. The maximum absolute atomic E-state index is 5.94. The van der Waals surface area contributed by atoms with Crippen LogP contribution in [-0.2, 0) is 0 Å². The molecule has 0 saturated carbocycles. The monoisotopic (exact) mass is 257 g/mol. The summed E-state index contributed by atoms with van der Waals surface area (Å²) in [7, 11) is 3.31. The van der Waals surface area contributed by atoms with Crippen molar-refractivity contribution < 1.29 is 9.47 Å². The van der Waals surface area contributed by atoms with E-state index in [4.69, 9.17) is 15.2 Å². The Morgan fingerprint density at radius 1 is 1.00 bits per heavy atom. The molecule has 2 N–H and O–H groups in total. The van der Waals surface area contributed by atoms with E-state index in [1.54, 1.807) is 14.2 Å². The van der Waals surface area contributed by atoms with Gasteiger partial charge < -0.3 is 15.2 Å². The van der Waals surface area contributed by atoms with Gasteiger partial charge in [0.15, 0.2) is 0 Å². The lowest BCUT2D eigenvalue weighted by Crippen LogP contribution is -2.14. The highest BCUT2D eigenvalue weighted by molar-refractivity contribution is 5.46. The molecule has 1 atom stereocenters. The number of hydrogen-bond acceptors (Lipinski definition) is 3. The van der Waals surface area contributed by atoms with Crippen molar-refractivity contribution in [2.45, 2.75) is 5.92 Å². The molecule has 2 aromatic carbocycles. The summed E-state index contributed by atoms with van der Waals surface area (Å²) in [5.41, 5.74) is 8.21. The van der Waals surface area contributed by atoms with Crippen LogP contribution in [-0.4, -0.2) is 20.8 Å². The smallest absolute Gasteiger partial charge is 0.126 e. The van der Waals surface area contributed by atoms with E-state index in [1.807, 2.05) is 36.4 Å². The number of rotatable bonds is 5. The van der Waals surface area contributed by atoms with E-state index in [1.165, 1.54) is 5.56 Å². The topological polar surface area (TPSA) is 44.5 Å². The Labute approximate surface area is 114 Å². The lowest BCUT2D eigenvalue weighted by Gasteiger charge is -2.19. The van der Waals surface area contributed by atoms with E-state index in [9.17, 15) is 0 Å². The molecule has 0 radical (unpaired) electrons. The molecule has 100 valence electrons. The van der Waals surface area contributed by atoms with Gasteiger partial charge in [0.25, 0.3) is 0 Å². The molecule has 0 aromatic heterocycles. The summed E-state index contributed by atoms with van der Waals surface area (Å²) in [5.74, 6) is 1.71. The molecule has 0 spiro atoms. The maximum atomic E-state index is 5.94. The fourth-order valence-corrected chi connectivity index (χ4v) is 2.23. The van der Waals surface area contributed by atoms with Crippen molar-refractivity contribution in [2.75, 3.05) is 20.8 Å². The third-order valence-electron chi connectivity index (χ3n) is 3.25. The van der Waals surface area contributed by atoms with Gasteiger partial charge in [-0.05, 0) is 11.6 Å². The van der Waals surface area contributed by atoms with E-state index in [0.717, 1.165) is 17.1 Å². The summed E-state index contributed by atoms with van der Waals surface area (Å²) in [6.07, 6.45) is 0. The summed E-state index contributed by atoms with van der Waals surface area (Å²) in [4.78, 5) is 0. The summed E-state index contributed by atoms with van der Waals surface area (Å²) >= 11 is 0. The number of nitrogens with two attached hydrogens (primary N) is 1. The zero-order valence-electron chi connectivity index (χ0n) is 11.3. The van der Waals surface area contributed by atoms with Crippen molar-refractivity contribution in [3.63, 3.8) is 0 Å². The predicted octanol–water partition coefficient (Wildman–Crippen LogP) is 2.79. The maximum Gasteiger partial charge on any atom is 0.126 e. The molecular formula is C16H19NO2. The van der Waals surface area contributed by atoms with E-state index < -0.39 is 0 Å². The second kappa shape index (κ2) is 6.25. The Balaban J connectivity index is 2.43. The summed E-state index contributed by atoms with van der Waals surface area (Å²) in [5, 5.41) is 0. The Bertz CT molecular complexity index is 526. The van der Waals surface area contributed by atoms with Crippen LogP contribution in [0.3, 0.4) is 0 Å². The summed E-state index contributed by atoms with van der Waals surface area (Å²) in [6.45, 7) is 0.534. The van der Waals surface area contributed by atoms with Crippen molar-refractivity contribution >= 4 is 0 Å². The van der Waals surface area contributed by atoms with E-state index in [-0.39, 0.29) is 5.92 Å². The van der Waals surface area contributed by atoms with Crippen LogP contribution in [0.25, 0.3) is 0 Å². The Morgan fingerprint density at radius 3 is 2.32 bits per heavy atom. The Hall–Kier alpha value is -2.00. The molecule has 0 bridgehead atoms. The van der Waals surface area contributed by atoms with Crippen molar-refractivity contribution in [3.05, 3.63) is 59.7 Å². The molecule has 0 aliphatic heterocycles. The third-order valence-corrected chi connectivity index (χ3v) is 3.25. The molecule has 0 amide bonds. The Kier molecular flexibility index (Phi) is 4.42. The van der Waals surface area contributed by atoms with Crippen LogP contribution in [0, 0.1) is 0 Å².